The summed E-state index contributed by atoms with van der Waals surface area (Å²) in [6.45, 7) is 6.50. The van der Waals surface area contributed by atoms with Crippen molar-refractivity contribution in [3.63, 3.8) is 0 Å². The Labute approximate surface area is 149 Å². The van der Waals surface area contributed by atoms with Crippen LogP contribution in [0.5, 0.6) is 5.75 Å². The predicted octanol–water partition coefficient (Wildman–Crippen LogP) is 3.51. The Morgan fingerprint density at radius 1 is 1.04 bits per heavy atom. The lowest BCUT2D eigenvalue weighted by atomic mass is 10.3. The van der Waals surface area contributed by atoms with E-state index in [9.17, 15) is 4.79 Å². The molecule has 1 N–H and O–H groups in total. The van der Waals surface area contributed by atoms with Crippen molar-refractivity contribution < 1.29 is 9.53 Å². The molecule has 1 heterocycles. The van der Waals surface area contributed by atoms with Gasteiger partial charge in [-0.1, -0.05) is 32.0 Å². The summed E-state index contributed by atoms with van der Waals surface area (Å²) in [5.74, 6) is 1.92. The van der Waals surface area contributed by atoms with Gasteiger partial charge in [-0.2, -0.15) is 0 Å². The van der Waals surface area contributed by atoms with Crippen LogP contribution in [0.4, 0.5) is 11.6 Å². The minimum absolute atomic E-state index is 0.142. The number of benzene rings is 1. The van der Waals surface area contributed by atoms with Gasteiger partial charge in [0.15, 0.2) is 11.6 Å². The summed E-state index contributed by atoms with van der Waals surface area (Å²) < 4.78 is 5.52. The molecule has 1 aromatic heterocycles. The molecule has 0 radical (unpaired) electrons. The number of carbonyl (C=O) groups excluding carboxylic acids is 1. The van der Waals surface area contributed by atoms with Gasteiger partial charge in [0.05, 0.1) is 13.0 Å². The van der Waals surface area contributed by atoms with E-state index >= 15 is 0 Å². The average molecular weight is 342 g/mol. The van der Waals surface area contributed by atoms with Crippen LogP contribution in [0.15, 0.2) is 42.5 Å². The molecule has 134 valence electrons. The second-order valence-corrected chi connectivity index (χ2v) is 5.72. The zero-order chi connectivity index (χ0) is 17.9. The largest absolute Gasteiger partial charge is 0.493 e. The Morgan fingerprint density at radius 3 is 2.36 bits per heavy atom. The van der Waals surface area contributed by atoms with E-state index in [0.29, 0.717) is 12.4 Å². The fraction of sp³-hybridized carbons (Fsp3) is 0.421. The zero-order valence-electron chi connectivity index (χ0n) is 14.9. The van der Waals surface area contributed by atoms with Crippen LogP contribution >= 0.6 is 0 Å². The van der Waals surface area contributed by atoms with E-state index in [4.69, 9.17) is 4.74 Å². The molecule has 0 fully saturated rings. The van der Waals surface area contributed by atoms with Crippen molar-refractivity contribution in [2.75, 3.05) is 29.9 Å². The first-order valence-electron chi connectivity index (χ1n) is 8.79. The molecule has 2 rings (SSSR count). The third-order valence-corrected chi connectivity index (χ3v) is 3.57. The second-order valence-electron chi connectivity index (χ2n) is 5.72. The number of anilines is 2. The lowest BCUT2D eigenvalue weighted by Crippen LogP contribution is -2.26. The number of carbonyl (C=O) groups is 1. The number of ether oxygens (including phenoxy) is 1. The maximum Gasteiger partial charge on any atom is 0.229 e. The van der Waals surface area contributed by atoms with E-state index in [-0.39, 0.29) is 12.3 Å². The molecule has 25 heavy (non-hydrogen) atoms. The lowest BCUT2D eigenvalue weighted by Gasteiger charge is -2.21. The van der Waals surface area contributed by atoms with Gasteiger partial charge < -0.3 is 15.0 Å². The highest BCUT2D eigenvalue weighted by Gasteiger charge is 2.08. The molecular formula is C19H26N4O2. The van der Waals surface area contributed by atoms with Crippen LogP contribution in [-0.4, -0.2) is 35.8 Å². The number of hydrogen-bond acceptors (Lipinski definition) is 5. The minimum Gasteiger partial charge on any atom is -0.493 e. The molecular weight excluding hydrogens is 316 g/mol. The maximum atomic E-state index is 12.0. The Bertz CT molecular complexity index is 626. The molecule has 0 unspecified atom stereocenters. The summed E-state index contributed by atoms with van der Waals surface area (Å²) in [6.07, 6.45) is 2.37. The molecule has 0 aliphatic carbocycles. The Balaban J connectivity index is 1.80. The van der Waals surface area contributed by atoms with Crippen molar-refractivity contribution in [2.24, 2.45) is 0 Å². The number of amides is 1. The number of aromatic nitrogens is 2. The Kier molecular flexibility index (Phi) is 7.69. The van der Waals surface area contributed by atoms with Crippen molar-refractivity contribution in [3.05, 3.63) is 42.5 Å². The van der Waals surface area contributed by atoms with E-state index in [1.54, 1.807) is 6.07 Å². The van der Waals surface area contributed by atoms with Crippen molar-refractivity contribution in [1.29, 1.82) is 0 Å². The van der Waals surface area contributed by atoms with Gasteiger partial charge in [-0.05, 0) is 37.1 Å². The average Bonchev–Trinajstić information content (AvgIpc) is 2.63. The summed E-state index contributed by atoms with van der Waals surface area (Å²) >= 11 is 0. The monoisotopic (exact) mass is 342 g/mol. The first kappa shape index (κ1) is 18.7. The number of nitrogens with one attached hydrogen (secondary N) is 1. The summed E-state index contributed by atoms with van der Waals surface area (Å²) in [6, 6.07) is 13.1. The van der Waals surface area contributed by atoms with Crippen LogP contribution in [0.3, 0.4) is 0 Å². The standard InChI is InChI=1S/C19H26N4O2/c1-3-13-23(14-4-2)18-11-10-17(21-22-18)20-19(24)12-15-25-16-8-6-5-7-9-16/h5-11H,3-4,12-15H2,1-2H3,(H,20,21,24). The van der Waals surface area contributed by atoms with Gasteiger partial charge in [0.2, 0.25) is 5.91 Å². The topological polar surface area (TPSA) is 67.4 Å². The molecule has 6 nitrogen and oxygen atoms in total. The first-order valence-corrected chi connectivity index (χ1v) is 8.79. The fourth-order valence-corrected chi connectivity index (χ4v) is 2.42. The van der Waals surface area contributed by atoms with Gasteiger partial charge in [0.25, 0.3) is 0 Å². The highest BCUT2D eigenvalue weighted by molar-refractivity contribution is 5.89. The van der Waals surface area contributed by atoms with Crippen molar-refractivity contribution in [2.45, 2.75) is 33.1 Å². The molecule has 0 saturated carbocycles. The van der Waals surface area contributed by atoms with Gasteiger partial charge in [-0.3, -0.25) is 4.79 Å². The quantitative estimate of drug-likeness (QED) is 0.716. The molecule has 0 aliphatic heterocycles. The third-order valence-electron chi connectivity index (χ3n) is 3.57. The van der Waals surface area contributed by atoms with Crippen molar-refractivity contribution in [3.8, 4) is 5.75 Å². The molecule has 2 aromatic rings. The van der Waals surface area contributed by atoms with E-state index < -0.39 is 0 Å². The molecule has 0 spiro atoms. The van der Waals surface area contributed by atoms with Crippen LogP contribution in [0.2, 0.25) is 0 Å². The highest BCUT2D eigenvalue weighted by Crippen LogP contribution is 2.13. The summed E-state index contributed by atoms with van der Waals surface area (Å²) in [5, 5.41) is 11.1. The number of para-hydroxylation sites is 1. The summed E-state index contributed by atoms with van der Waals surface area (Å²) in [5.41, 5.74) is 0. The minimum atomic E-state index is -0.142. The van der Waals surface area contributed by atoms with Gasteiger partial charge in [0, 0.05) is 13.1 Å². The van der Waals surface area contributed by atoms with Gasteiger partial charge in [0.1, 0.15) is 5.75 Å². The van der Waals surface area contributed by atoms with Crippen LogP contribution in [0.25, 0.3) is 0 Å². The van der Waals surface area contributed by atoms with E-state index in [0.717, 1.165) is 37.5 Å². The van der Waals surface area contributed by atoms with E-state index in [1.165, 1.54) is 0 Å². The molecule has 1 aromatic carbocycles. The molecule has 0 atom stereocenters. The maximum absolute atomic E-state index is 12.0. The SMILES string of the molecule is CCCN(CCC)c1ccc(NC(=O)CCOc2ccccc2)nn1. The molecule has 0 saturated heterocycles. The zero-order valence-corrected chi connectivity index (χ0v) is 14.9. The summed E-state index contributed by atoms with van der Waals surface area (Å²) in [7, 11) is 0. The first-order chi connectivity index (χ1) is 12.2. The number of nitrogens with zero attached hydrogens (tertiary/aromatic N) is 3. The third kappa shape index (κ3) is 6.41. The van der Waals surface area contributed by atoms with Crippen LogP contribution < -0.4 is 15.0 Å². The number of hydrogen-bond donors (Lipinski definition) is 1. The van der Waals surface area contributed by atoms with Gasteiger partial charge in [-0.15, -0.1) is 10.2 Å². The number of rotatable bonds is 10. The summed E-state index contributed by atoms with van der Waals surface area (Å²) in [4.78, 5) is 14.2. The van der Waals surface area contributed by atoms with Crippen LogP contribution in [-0.2, 0) is 4.79 Å². The van der Waals surface area contributed by atoms with E-state index in [2.05, 4.69) is 34.3 Å². The predicted molar refractivity (Wildman–Crippen MR) is 100 cm³/mol. The fourth-order valence-electron chi connectivity index (χ4n) is 2.42. The molecule has 6 heteroatoms. The van der Waals surface area contributed by atoms with Gasteiger partial charge >= 0.3 is 0 Å². The normalized spacial score (nSPS) is 10.3. The van der Waals surface area contributed by atoms with Crippen molar-refractivity contribution >= 4 is 17.5 Å². The second kappa shape index (κ2) is 10.3. The molecule has 0 bridgehead atoms. The lowest BCUT2D eigenvalue weighted by molar-refractivity contribution is -0.116. The Hall–Kier alpha value is -2.63. The van der Waals surface area contributed by atoms with Crippen molar-refractivity contribution in [1.82, 2.24) is 10.2 Å². The highest BCUT2D eigenvalue weighted by atomic mass is 16.5. The Morgan fingerprint density at radius 2 is 1.76 bits per heavy atom. The van der Waals surface area contributed by atoms with Crippen LogP contribution in [0, 0.1) is 0 Å². The molecule has 1 amide bonds. The van der Waals surface area contributed by atoms with Gasteiger partial charge in [-0.25, -0.2) is 0 Å². The van der Waals surface area contributed by atoms with E-state index in [1.807, 2.05) is 36.4 Å². The smallest absolute Gasteiger partial charge is 0.229 e. The van der Waals surface area contributed by atoms with Crippen LogP contribution in [0.1, 0.15) is 33.1 Å². The molecule has 0 aliphatic rings.